The number of methoxy groups -OCH3 is 1. The van der Waals surface area contributed by atoms with E-state index >= 15 is 0 Å². The Kier molecular flexibility index (Phi) is 7.60. The first-order valence-corrected chi connectivity index (χ1v) is 11.0. The van der Waals surface area contributed by atoms with Crippen molar-refractivity contribution in [3.63, 3.8) is 0 Å². The lowest BCUT2D eigenvalue weighted by Gasteiger charge is -2.26. The standard InChI is InChI=1S/C21H28N2O4S/c1-16-8-5-9-17(2)21(16)23(28(4,25)26)13-7-12-20(24)22-19-11-6-10-18(14-19)15-27-3/h5-6,8-11,14H,7,12-13,15H2,1-4H3,(H,22,24). The smallest absolute Gasteiger partial charge is 0.232 e. The van der Waals surface area contributed by atoms with E-state index in [1.165, 1.54) is 10.6 Å². The summed E-state index contributed by atoms with van der Waals surface area (Å²) in [7, 11) is -1.82. The Morgan fingerprint density at radius 2 is 1.75 bits per heavy atom. The maximum Gasteiger partial charge on any atom is 0.232 e. The molecule has 0 fully saturated rings. The van der Waals surface area contributed by atoms with Crippen LogP contribution in [0.4, 0.5) is 11.4 Å². The van der Waals surface area contributed by atoms with Crippen LogP contribution in [0.1, 0.15) is 29.5 Å². The van der Waals surface area contributed by atoms with Crippen LogP contribution in [0.15, 0.2) is 42.5 Å². The molecule has 0 aliphatic heterocycles. The summed E-state index contributed by atoms with van der Waals surface area (Å²) < 4.78 is 31.1. The van der Waals surface area contributed by atoms with Gasteiger partial charge < -0.3 is 10.1 Å². The fourth-order valence-electron chi connectivity index (χ4n) is 3.15. The Hall–Kier alpha value is -2.38. The van der Waals surface area contributed by atoms with Crippen molar-refractivity contribution >= 4 is 27.3 Å². The molecule has 0 bridgehead atoms. The molecule has 0 spiro atoms. The van der Waals surface area contributed by atoms with Gasteiger partial charge in [0.2, 0.25) is 15.9 Å². The largest absolute Gasteiger partial charge is 0.380 e. The fraction of sp³-hybridized carbons (Fsp3) is 0.381. The SMILES string of the molecule is COCc1cccc(NC(=O)CCCN(c2c(C)cccc2C)S(C)(=O)=O)c1. The molecule has 0 radical (unpaired) electrons. The molecule has 0 saturated carbocycles. The molecule has 0 aromatic heterocycles. The third-order valence-corrected chi connectivity index (χ3v) is 5.54. The number of amides is 1. The van der Waals surface area contributed by atoms with Crippen molar-refractivity contribution in [3.05, 3.63) is 59.2 Å². The van der Waals surface area contributed by atoms with Crippen LogP contribution in [0.3, 0.4) is 0 Å². The van der Waals surface area contributed by atoms with E-state index in [1.807, 2.05) is 56.3 Å². The van der Waals surface area contributed by atoms with Crippen molar-refractivity contribution in [1.29, 1.82) is 0 Å². The van der Waals surface area contributed by atoms with E-state index < -0.39 is 10.0 Å². The predicted octanol–water partition coefficient (Wildman–Crippen LogP) is 3.63. The molecule has 7 heteroatoms. The molecular formula is C21H28N2O4S. The molecule has 0 aliphatic rings. The lowest BCUT2D eigenvalue weighted by molar-refractivity contribution is -0.116. The van der Waals surface area contributed by atoms with Gasteiger partial charge in [0.1, 0.15) is 0 Å². The van der Waals surface area contributed by atoms with Gasteiger partial charge >= 0.3 is 0 Å². The number of sulfonamides is 1. The number of carbonyl (C=O) groups is 1. The second-order valence-corrected chi connectivity index (χ2v) is 8.77. The van der Waals surface area contributed by atoms with E-state index in [0.717, 1.165) is 16.7 Å². The number of rotatable bonds is 9. The molecule has 1 amide bonds. The van der Waals surface area contributed by atoms with Crippen LogP contribution in [0.25, 0.3) is 0 Å². The van der Waals surface area contributed by atoms with Gasteiger partial charge in [-0.25, -0.2) is 8.42 Å². The van der Waals surface area contributed by atoms with Crippen molar-refractivity contribution in [2.24, 2.45) is 0 Å². The predicted molar refractivity (Wildman–Crippen MR) is 113 cm³/mol. The first-order chi connectivity index (χ1) is 13.2. The number of hydrogen-bond donors (Lipinski definition) is 1. The molecule has 1 N–H and O–H groups in total. The number of nitrogens with zero attached hydrogens (tertiary/aromatic N) is 1. The summed E-state index contributed by atoms with van der Waals surface area (Å²) >= 11 is 0. The van der Waals surface area contributed by atoms with Gasteiger partial charge in [-0.1, -0.05) is 30.3 Å². The van der Waals surface area contributed by atoms with Gasteiger partial charge in [0, 0.05) is 25.8 Å². The van der Waals surface area contributed by atoms with E-state index in [2.05, 4.69) is 5.32 Å². The highest BCUT2D eigenvalue weighted by Gasteiger charge is 2.21. The number of anilines is 2. The van der Waals surface area contributed by atoms with Crippen LogP contribution >= 0.6 is 0 Å². The molecule has 2 aromatic carbocycles. The molecule has 152 valence electrons. The highest BCUT2D eigenvalue weighted by Crippen LogP contribution is 2.27. The van der Waals surface area contributed by atoms with Gasteiger partial charge in [-0.3, -0.25) is 9.10 Å². The molecule has 0 unspecified atom stereocenters. The number of hydrogen-bond acceptors (Lipinski definition) is 4. The van der Waals surface area contributed by atoms with Crippen molar-refractivity contribution in [3.8, 4) is 0 Å². The van der Waals surface area contributed by atoms with E-state index in [1.54, 1.807) is 7.11 Å². The Labute approximate surface area is 167 Å². The van der Waals surface area contributed by atoms with E-state index in [9.17, 15) is 13.2 Å². The maximum absolute atomic E-state index is 12.3. The minimum Gasteiger partial charge on any atom is -0.380 e. The van der Waals surface area contributed by atoms with Crippen LogP contribution in [0, 0.1) is 13.8 Å². The third kappa shape index (κ3) is 6.07. The van der Waals surface area contributed by atoms with Crippen LogP contribution in [-0.4, -0.2) is 34.2 Å². The zero-order valence-corrected chi connectivity index (χ0v) is 17.7. The summed E-state index contributed by atoms with van der Waals surface area (Å²) in [6.07, 6.45) is 1.84. The van der Waals surface area contributed by atoms with Gasteiger partial charge in [0.25, 0.3) is 0 Å². The normalized spacial score (nSPS) is 11.3. The molecule has 0 aliphatic carbocycles. The highest BCUT2D eigenvalue weighted by atomic mass is 32.2. The maximum atomic E-state index is 12.3. The molecule has 2 aromatic rings. The Balaban J connectivity index is 2.01. The van der Waals surface area contributed by atoms with Gasteiger partial charge in [-0.2, -0.15) is 0 Å². The minimum absolute atomic E-state index is 0.149. The lowest BCUT2D eigenvalue weighted by Crippen LogP contribution is -2.32. The quantitative estimate of drug-likeness (QED) is 0.692. The van der Waals surface area contributed by atoms with Gasteiger partial charge in [0.15, 0.2) is 0 Å². The molecule has 2 rings (SSSR count). The molecule has 0 heterocycles. The number of nitrogens with one attached hydrogen (secondary N) is 1. The Bertz CT molecular complexity index is 906. The molecule has 0 saturated heterocycles. The summed E-state index contributed by atoms with van der Waals surface area (Å²) in [4.78, 5) is 12.3. The number of benzene rings is 2. The van der Waals surface area contributed by atoms with Crippen molar-refractivity contribution in [1.82, 2.24) is 0 Å². The molecule has 0 atom stereocenters. The second-order valence-electron chi connectivity index (χ2n) is 6.86. The van der Waals surface area contributed by atoms with Crippen molar-refractivity contribution in [2.45, 2.75) is 33.3 Å². The van der Waals surface area contributed by atoms with Crippen molar-refractivity contribution < 1.29 is 17.9 Å². The zero-order chi connectivity index (χ0) is 20.7. The average molecular weight is 405 g/mol. The van der Waals surface area contributed by atoms with Gasteiger partial charge in [0.05, 0.1) is 18.6 Å². The minimum atomic E-state index is -3.44. The third-order valence-electron chi connectivity index (χ3n) is 4.38. The second kappa shape index (κ2) is 9.71. The first-order valence-electron chi connectivity index (χ1n) is 9.14. The van der Waals surface area contributed by atoms with E-state index in [4.69, 9.17) is 4.74 Å². The first kappa shape index (κ1) is 21.9. The summed E-state index contributed by atoms with van der Waals surface area (Å²) in [5.41, 5.74) is 4.15. The summed E-state index contributed by atoms with van der Waals surface area (Å²) in [5.74, 6) is -0.149. The molecular weight excluding hydrogens is 376 g/mol. The van der Waals surface area contributed by atoms with Crippen LogP contribution in [-0.2, 0) is 26.2 Å². The zero-order valence-electron chi connectivity index (χ0n) is 16.9. The summed E-state index contributed by atoms with van der Waals surface area (Å²) in [6, 6.07) is 13.1. The highest BCUT2D eigenvalue weighted by molar-refractivity contribution is 7.92. The fourth-order valence-corrected chi connectivity index (χ4v) is 4.24. The topological polar surface area (TPSA) is 75.7 Å². The summed E-state index contributed by atoms with van der Waals surface area (Å²) in [5, 5.41) is 2.85. The van der Waals surface area contributed by atoms with Crippen molar-refractivity contribution in [2.75, 3.05) is 29.5 Å². The van der Waals surface area contributed by atoms with E-state index in [0.29, 0.717) is 24.4 Å². The molecule has 28 heavy (non-hydrogen) atoms. The number of aryl methyl sites for hydroxylation is 2. The van der Waals surface area contributed by atoms with Crippen LogP contribution in [0.5, 0.6) is 0 Å². The Morgan fingerprint density at radius 3 is 2.36 bits per heavy atom. The number of carbonyl (C=O) groups excluding carboxylic acids is 1. The van der Waals surface area contributed by atoms with Crippen LogP contribution in [0.2, 0.25) is 0 Å². The Morgan fingerprint density at radius 1 is 1.11 bits per heavy atom. The monoisotopic (exact) mass is 404 g/mol. The van der Waals surface area contributed by atoms with Gasteiger partial charge in [-0.15, -0.1) is 0 Å². The molecule has 6 nitrogen and oxygen atoms in total. The van der Waals surface area contributed by atoms with E-state index in [-0.39, 0.29) is 18.9 Å². The number of para-hydroxylation sites is 1. The average Bonchev–Trinajstić information content (AvgIpc) is 2.60. The van der Waals surface area contributed by atoms with Gasteiger partial charge in [-0.05, 0) is 49.1 Å². The lowest BCUT2D eigenvalue weighted by atomic mass is 10.1. The number of ether oxygens (including phenoxy) is 1. The summed E-state index contributed by atoms with van der Waals surface area (Å²) in [6.45, 7) is 4.50. The van der Waals surface area contributed by atoms with Crippen LogP contribution < -0.4 is 9.62 Å².